The van der Waals surface area contributed by atoms with Crippen LogP contribution in [-0.4, -0.2) is 37.2 Å². The molecule has 54 heavy (non-hydrogen) atoms. The van der Waals surface area contributed by atoms with Crippen molar-refractivity contribution in [1.29, 1.82) is 0 Å². The van der Waals surface area contributed by atoms with E-state index in [0.717, 1.165) is 69.6 Å². The fraction of sp³-hybridized carbons (Fsp3) is 0.938. The molecule has 0 unspecified atom stereocenters. The van der Waals surface area contributed by atoms with Crippen LogP contribution in [0.5, 0.6) is 0 Å². The highest BCUT2D eigenvalue weighted by molar-refractivity contribution is 5.71. The average molecular weight is 765 g/mol. The Kier molecular flexibility index (Phi) is 39.8. The Morgan fingerprint density at radius 3 is 0.907 bits per heavy atom. The van der Waals surface area contributed by atoms with Crippen LogP contribution >= 0.6 is 0 Å². The van der Waals surface area contributed by atoms with Crippen LogP contribution in [0.3, 0.4) is 0 Å². The number of carbonyl (C=O) groups is 3. The summed E-state index contributed by atoms with van der Waals surface area (Å²) in [5.41, 5.74) is 0. The Morgan fingerprint density at radius 2 is 0.611 bits per heavy atom. The zero-order valence-electron chi connectivity index (χ0n) is 36.8. The Hall–Kier alpha value is -1.59. The molecule has 320 valence electrons. The SMILES string of the molecule is CCCCCCCCCCCC(=O)OC[C@@H](COC(=O)CCCCCCCCCCCCCC(C)C)OC(=O)CCCCCCCCCCCCC(C)C. The summed E-state index contributed by atoms with van der Waals surface area (Å²) in [4.78, 5) is 37.7. The molecule has 1 atom stereocenters. The average Bonchev–Trinajstić information content (AvgIpc) is 3.14. The van der Waals surface area contributed by atoms with E-state index in [-0.39, 0.29) is 31.1 Å². The van der Waals surface area contributed by atoms with Gasteiger partial charge in [-0.25, -0.2) is 0 Å². The third-order valence-corrected chi connectivity index (χ3v) is 10.7. The molecular weight excluding hydrogens is 673 g/mol. The Morgan fingerprint density at radius 1 is 0.352 bits per heavy atom. The smallest absolute Gasteiger partial charge is 0.306 e. The molecule has 6 nitrogen and oxygen atoms in total. The highest BCUT2D eigenvalue weighted by Crippen LogP contribution is 2.17. The summed E-state index contributed by atoms with van der Waals surface area (Å²) in [6.45, 7) is 11.3. The van der Waals surface area contributed by atoms with E-state index in [1.807, 2.05) is 0 Å². The van der Waals surface area contributed by atoms with Gasteiger partial charge in [0.25, 0.3) is 0 Å². The molecule has 0 bridgehead atoms. The molecule has 0 rings (SSSR count). The lowest BCUT2D eigenvalue weighted by Crippen LogP contribution is -2.30. The molecule has 0 N–H and O–H groups in total. The number of esters is 3. The van der Waals surface area contributed by atoms with E-state index in [9.17, 15) is 14.4 Å². The van der Waals surface area contributed by atoms with Gasteiger partial charge in [0.2, 0.25) is 0 Å². The lowest BCUT2D eigenvalue weighted by molar-refractivity contribution is -0.167. The quantitative estimate of drug-likeness (QED) is 0.0350. The second-order valence-corrected chi connectivity index (χ2v) is 17.3. The molecule has 0 aliphatic rings. The highest BCUT2D eigenvalue weighted by atomic mass is 16.6. The Balaban J connectivity index is 4.31. The third kappa shape index (κ3) is 41.6. The third-order valence-electron chi connectivity index (χ3n) is 10.7. The Labute approximate surface area is 336 Å². The second kappa shape index (κ2) is 41.1. The number of hydrogen-bond donors (Lipinski definition) is 0. The van der Waals surface area contributed by atoms with E-state index in [4.69, 9.17) is 14.2 Å². The molecule has 0 aromatic carbocycles. The van der Waals surface area contributed by atoms with Gasteiger partial charge in [0.15, 0.2) is 6.10 Å². The van der Waals surface area contributed by atoms with Crippen molar-refractivity contribution in [3.63, 3.8) is 0 Å². The van der Waals surface area contributed by atoms with Gasteiger partial charge in [-0.1, -0.05) is 221 Å². The van der Waals surface area contributed by atoms with Gasteiger partial charge < -0.3 is 14.2 Å². The summed E-state index contributed by atoms with van der Waals surface area (Å²) in [7, 11) is 0. The summed E-state index contributed by atoms with van der Waals surface area (Å²) in [6, 6.07) is 0. The molecular formula is C48H92O6. The maximum atomic E-state index is 12.7. The molecule has 0 aromatic rings. The summed E-state index contributed by atoms with van der Waals surface area (Å²) in [5.74, 6) is 0.786. The van der Waals surface area contributed by atoms with E-state index >= 15 is 0 Å². The predicted molar refractivity (Wildman–Crippen MR) is 229 cm³/mol. The highest BCUT2D eigenvalue weighted by Gasteiger charge is 2.19. The van der Waals surface area contributed by atoms with Crippen molar-refractivity contribution < 1.29 is 28.6 Å². The van der Waals surface area contributed by atoms with Crippen LogP contribution < -0.4 is 0 Å². The molecule has 0 radical (unpaired) electrons. The zero-order chi connectivity index (χ0) is 39.7. The van der Waals surface area contributed by atoms with Crippen molar-refractivity contribution in [3.8, 4) is 0 Å². The lowest BCUT2D eigenvalue weighted by Gasteiger charge is -2.18. The fourth-order valence-electron chi connectivity index (χ4n) is 7.11. The van der Waals surface area contributed by atoms with Gasteiger partial charge in [0.05, 0.1) is 0 Å². The van der Waals surface area contributed by atoms with E-state index < -0.39 is 6.10 Å². The summed E-state index contributed by atoms with van der Waals surface area (Å²) in [5, 5.41) is 0. The normalized spacial score (nSPS) is 12.1. The molecule has 6 heteroatoms. The number of unbranched alkanes of at least 4 members (excludes halogenated alkanes) is 27. The number of hydrogen-bond acceptors (Lipinski definition) is 6. The van der Waals surface area contributed by atoms with E-state index in [1.165, 1.54) is 148 Å². The first-order valence-electron chi connectivity index (χ1n) is 23.7. The first kappa shape index (κ1) is 52.4. The van der Waals surface area contributed by atoms with Crippen LogP contribution in [-0.2, 0) is 28.6 Å². The van der Waals surface area contributed by atoms with Crippen molar-refractivity contribution >= 4 is 17.9 Å². The predicted octanol–water partition coefficient (Wildman–Crippen LogP) is 15.0. The maximum Gasteiger partial charge on any atom is 0.306 e. The Bertz CT molecular complexity index is 824. The molecule has 0 saturated heterocycles. The van der Waals surface area contributed by atoms with Crippen molar-refractivity contribution in [1.82, 2.24) is 0 Å². The number of carbonyl (C=O) groups excluding carboxylic acids is 3. The monoisotopic (exact) mass is 765 g/mol. The van der Waals surface area contributed by atoms with Gasteiger partial charge in [-0.3, -0.25) is 14.4 Å². The minimum atomic E-state index is -0.760. The van der Waals surface area contributed by atoms with Crippen molar-refractivity contribution in [3.05, 3.63) is 0 Å². The standard InChI is InChI=1S/C48H92O6/c1-6-7-8-9-10-16-23-28-33-38-46(49)52-41-45(54-48(51)40-35-30-25-20-15-14-18-22-27-32-37-44(4)5)42-53-47(50)39-34-29-24-19-13-11-12-17-21-26-31-36-43(2)3/h43-45H,6-42H2,1-5H3/t45-/m0/s1. The van der Waals surface area contributed by atoms with Gasteiger partial charge in [-0.15, -0.1) is 0 Å². The zero-order valence-corrected chi connectivity index (χ0v) is 36.8. The van der Waals surface area contributed by atoms with E-state index in [2.05, 4.69) is 34.6 Å². The second-order valence-electron chi connectivity index (χ2n) is 17.3. The van der Waals surface area contributed by atoms with Crippen molar-refractivity contribution in [2.45, 2.75) is 265 Å². The first-order chi connectivity index (χ1) is 26.2. The molecule has 0 spiro atoms. The van der Waals surface area contributed by atoms with Gasteiger partial charge in [0, 0.05) is 19.3 Å². The van der Waals surface area contributed by atoms with Crippen LogP contribution in [0, 0.1) is 11.8 Å². The van der Waals surface area contributed by atoms with Crippen LogP contribution in [0.4, 0.5) is 0 Å². The number of rotatable bonds is 42. The molecule has 0 aliphatic heterocycles. The van der Waals surface area contributed by atoms with Gasteiger partial charge in [-0.2, -0.15) is 0 Å². The van der Waals surface area contributed by atoms with Gasteiger partial charge in [0.1, 0.15) is 13.2 Å². The maximum absolute atomic E-state index is 12.7. The molecule has 0 aromatic heterocycles. The molecule has 0 saturated carbocycles. The van der Waals surface area contributed by atoms with Crippen molar-refractivity contribution in [2.24, 2.45) is 11.8 Å². The van der Waals surface area contributed by atoms with Gasteiger partial charge in [-0.05, 0) is 31.1 Å². The molecule has 0 fully saturated rings. The van der Waals surface area contributed by atoms with E-state index in [0.29, 0.717) is 19.3 Å². The van der Waals surface area contributed by atoms with Crippen LogP contribution in [0.25, 0.3) is 0 Å². The van der Waals surface area contributed by atoms with Crippen molar-refractivity contribution in [2.75, 3.05) is 13.2 Å². The topological polar surface area (TPSA) is 78.9 Å². The summed E-state index contributed by atoms with van der Waals surface area (Å²) < 4.78 is 16.7. The molecule has 0 heterocycles. The van der Waals surface area contributed by atoms with Crippen LogP contribution in [0.2, 0.25) is 0 Å². The summed E-state index contributed by atoms with van der Waals surface area (Å²) >= 11 is 0. The minimum absolute atomic E-state index is 0.0647. The van der Waals surface area contributed by atoms with Crippen LogP contribution in [0.15, 0.2) is 0 Å². The molecule has 0 aliphatic carbocycles. The minimum Gasteiger partial charge on any atom is -0.462 e. The lowest BCUT2D eigenvalue weighted by atomic mass is 10.0. The largest absolute Gasteiger partial charge is 0.462 e. The summed E-state index contributed by atoms with van der Waals surface area (Å²) in [6.07, 6.45) is 39.4. The van der Waals surface area contributed by atoms with Crippen LogP contribution in [0.1, 0.15) is 259 Å². The molecule has 0 amide bonds. The fourth-order valence-corrected chi connectivity index (χ4v) is 7.11. The van der Waals surface area contributed by atoms with Gasteiger partial charge >= 0.3 is 17.9 Å². The first-order valence-corrected chi connectivity index (χ1v) is 23.7. The number of ether oxygens (including phenoxy) is 3. The van der Waals surface area contributed by atoms with E-state index in [1.54, 1.807) is 0 Å².